The van der Waals surface area contributed by atoms with E-state index in [2.05, 4.69) is 20.5 Å². The highest BCUT2D eigenvalue weighted by atomic mass is 16.1. The van der Waals surface area contributed by atoms with Gasteiger partial charge in [0.05, 0.1) is 0 Å². The summed E-state index contributed by atoms with van der Waals surface area (Å²) < 4.78 is 0. The molecule has 0 saturated heterocycles. The fourth-order valence-corrected chi connectivity index (χ4v) is 0.604. The van der Waals surface area contributed by atoms with Crippen LogP contribution >= 0.6 is 0 Å². The fraction of sp³-hybridized carbons (Fsp3) is 0.400. The van der Waals surface area contributed by atoms with Gasteiger partial charge >= 0.3 is 0 Å². The van der Waals surface area contributed by atoms with Crippen LogP contribution in [0.5, 0.6) is 0 Å². The van der Waals surface area contributed by atoms with Crippen LogP contribution < -0.4 is 16.8 Å². The Balaban J connectivity index is 2.58. The third-order valence-electron chi connectivity index (χ3n) is 1.28. The molecular formula is C5H10N6O. The lowest BCUT2D eigenvalue weighted by atomic mass is 10.3. The molecule has 0 radical (unpaired) electrons. The van der Waals surface area contributed by atoms with E-state index in [0.29, 0.717) is 0 Å². The van der Waals surface area contributed by atoms with E-state index in [1.807, 2.05) is 0 Å². The van der Waals surface area contributed by atoms with Crippen molar-refractivity contribution in [2.24, 2.45) is 5.73 Å². The number of carbonyl (C=O) groups excluding carboxylic acids is 1. The summed E-state index contributed by atoms with van der Waals surface area (Å²) in [6.07, 6.45) is 0. The van der Waals surface area contributed by atoms with Gasteiger partial charge < -0.3 is 16.8 Å². The van der Waals surface area contributed by atoms with Crippen molar-refractivity contribution in [3.63, 3.8) is 0 Å². The van der Waals surface area contributed by atoms with E-state index >= 15 is 0 Å². The highest BCUT2D eigenvalue weighted by Crippen LogP contribution is 2.00. The van der Waals surface area contributed by atoms with Crippen molar-refractivity contribution < 1.29 is 4.79 Å². The molecule has 1 aromatic heterocycles. The summed E-state index contributed by atoms with van der Waals surface area (Å²) in [4.78, 5) is 14.3. The molecule has 0 aromatic carbocycles. The number of rotatable bonds is 3. The van der Waals surface area contributed by atoms with E-state index in [1.54, 1.807) is 6.92 Å². The molecule has 0 aliphatic rings. The fourth-order valence-electron chi connectivity index (χ4n) is 0.604. The maximum absolute atomic E-state index is 10.6. The molecule has 1 unspecified atom stereocenters. The van der Waals surface area contributed by atoms with E-state index in [0.717, 1.165) is 0 Å². The molecule has 7 nitrogen and oxygen atoms in total. The van der Waals surface area contributed by atoms with Crippen molar-refractivity contribution in [2.45, 2.75) is 13.0 Å². The standard InChI is InChI=1S/C5H10N6O/c1-2(3(6)12)8-5-9-4(7)10-11-5/h2H,1H3,(H2,6,12)(H4,7,8,9,10,11). The van der Waals surface area contributed by atoms with Gasteiger partial charge in [0.1, 0.15) is 6.04 Å². The number of hydrogen-bond acceptors (Lipinski definition) is 5. The molecule has 0 bridgehead atoms. The Kier molecular flexibility index (Phi) is 2.13. The topological polar surface area (TPSA) is 123 Å². The predicted octanol–water partition coefficient (Wildman–Crippen LogP) is -1.33. The Morgan fingerprint density at radius 1 is 1.75 bits per heavy atom. The predicted molar refractivity (Wildman–Crippen MR) is 43.1 cm³/mol. The quantitative estimate of drug-likeness (QED) is 0.447. The second kappa shape index (κ2) is 3.07. The summed E-state index contributed by atoms with van der Waals surface area (Å²) in [5.41, 5.74) is 10.2. The Labute approximate surface area is 68.5 Å². The maximum Gasteiger partial charge on any atom is 0.244 e. The molecule has 12 heavy (non-hydrogen) atoms. The first-order valence-electron chi connectivity index (χ1n) is 3.33. The zero-order chi connectivity index (χ0) is 9.14. The number of aromatic nitrogens is 3. The summed E-state index contributed by atoms with van der Waals surface area (Å²) in [5.74, 6) is -0.0219. The number of anilines is 2. The summed E-state index contributed by atoms with van der Waals surface area (Å²) in [6, 6.07) is -0.514. The molecule has 1 heterocycles. The molecule has 1 amide bonds. The number of hydrogen-bond donors (Lipinski definition) is 4. The molecule has 6 N–H and O–H groups in total. The van der Waals surface area contributed by atoms with Crippen molar-refractivity contribution >= 4 is 17.8 Å². The molecule has 1 rings (SSSR count). The number of nitrogen functional groups attached to an aromatic ring is 1. The molecule has 0 aliphatic carbocycles. The Morgan fingerprint density at radius 2 is 2.42 bits per heavy atom. The number of carbonyl (C=O) groups is 1. The minimum Gasteiger partial charge on any atom is -0.368 e. The van der Waals surface area contributed by atoms with Crippen molar-refractivity contribution in [3.8, 4) is 0 Å². The van der Waals surface area contributed by atoms with Gasteiger partial charge in [0.25, 0.3) is 0 Å². The van der Waals surface area contributed by atoms with Crippen LogP contribution in [0.1, 0.15) is 6.92 Å². The number of amides is 1. The molecule has 0 spiro atoms. The third kappa shape index (κ3) is 1.84. The highest BCUT2D eigenvalue weighted by molar-refractivity contribution is 5.81. The van der Waals surface area contributed by atoms with Crippen LogP contribution in [-0.2, 0) is 4.79 Å². The van der Waals surface area contributed by atoms with Crippen LogP contribution in [0.15, 0.2) is 0 Å². The number of nitrogens with one attached hydrogen (secondary N) is 2. The first kappa shape index (κ1) is 8.31. The maximum atomic E-state index is 10.6. The van der Waals surface area contributed by atoms with Crippen LogP contribution in [0.3, 0.4) is 0 Å². The van der Waals surface area contributed by atoms with Gasteiger partial charge in [-0.25, -0.2) is 5.10 Å². The van der Waals surface area contributed by atoms with Crippen molar-refractivity contribution in [1.82, 2.24) is 15.2 Å². The zero-order valence-electron chi connectivity index (χ0n) is 6.53. The molecule has 0 aliphatic heterocycles. The smallest absolute Gasteiger partial charge is 0.244 e. The van der Waals surface area contributed by atoms with Gasteiger partial charge in [0, 0.05) is 0 Å². The second-order valence-corrected chi connectivity index (χ2v) is 2.31. The van der Waals surface area contributed by atoms with Crippen LogP contribution in [-0.4, -0.2) is 27.1 Å². The Hall–Kier alpha value is -1.79. The second-order valence-electron chi connectivity index (χ2n) is 2.31. The lowest BCUT2D eigenvalue weighted by Crippen LogP contribution is -2.32. The van der Waals surface area contributed by atoms with Crippen molar-refractivity contribution in [2.75, 3.05) is 11.1 Å². The first-order valence-corrected chi connectivity index (χ1v) is 3.33. The molecule has 1 atom stereocenters. The van der Waals surface area contributed by atoms with Gasteiger partial charge in [-0.05, 0) is 6.92 Å². The first-order chi connectivity index (χ1) is 5.59. The molecule has 7 heteroatoms. The highest BCUT2D eigenvalue weighted by Gasteiger charge is 2.09. The monoisotopic (exact) mass is 170 g/mol. The van der Waals surface area contributed by atoms with Crippen LogP contribution in [0.4, 0.5) is 11.9 Å². The lowest BCUT2D eigenvalue weighted by molar-refractivity contribution is -0.118. The number of H-pyrrole nitrogens is 1. The summed E-state index contributed by atoms with van der Waals surface area (Å²) >= 11 is 0. The van der Waals surface area contributed by atoms with E-state index in [9.17, 15) is 4.79 Å². The van der Waals surface area contributed by atoms with Crippen LogP contribution in [0.25, 0.3) is 0 Å². The minimum absolute atomic E-state index is 0.189. The van der Waals surface area contributed by atoms with Gasteiger partial charge in [0.15, 0.2) is 0 Å². The van der Waals surface area contributed by atoms with Crippen LogP contribution in [0.2, 0.25) is 0 Å². The summed E-state index contributed by atoms with van der Waals surface area (Å²) in [7, 11) is 0. The molecule has 0 saturated carbocycles. The van der Waals surface area contributed by atoms with Crippen molar-refractivity contribution in [1.29, 1.82) is 0 Å². The third-order valence-corrected chi connectivity index (χ3v) is 1.28. The van der Waals surface area contributed by atoms with Crippen LogP contribution in [0, 0.1) is 0 Å². The Morgan fingerprint density at radius 3 is 2.83 bits per heavy atom. The van der Waals surface area contributed by atoms with Gasteiger partial charge in [-0.1, -0.05) is 0 Å². The van der Waals surface area contributed by atoms with E-state index in [4.69, 9.17) is 11.5 Å². The molecular weight excluding hydrogens is 160 g/mol. The molecule has 66 valence electrons. The molecule has 0 fully saturated rings. The minimum atomic E-state index is -0.514. The number of nitrogens with zero attached hydrogens (tertiary/aromatic N) is 2. The van der Waals surface area contributed by atoms with Gasteiger partial charge in [-0.2, -0.15) is 4.98 Å². The summed E-state index contributed by atoms with van der Waals surface area (Å²) in [5, 5.41) is 8.73. The average Bonchev–Trinajstić information content (AvgIpc) is 2.35. The number of nitrogens with two attached hydrogens (primary N) is 2. The lowest BCUT2D eigenvalue weighted by Gasteiger charge is -2.05. The molecule has 1 aromatic rings. The normalized spacial score (nSPS) is 12.4. The van der Waals surface area contributed by atoms with E-state index in [-0.39, 0.29) is 11.9 Å². The van der Waals surface area contributed by atoms with Gasteiger partial charge in [0.2, 0.25) is 17.8 Å². The van der Waals surface area contributed by atoms with E-state index < -0.39 is 11.9 Å². The van der Waals surface area contributed by atoms with Gasteiger partial charge in [-0.15, -0.1) is 5.10 Å². The number of primary amides is 1. The largest absolute Gasteiger partial charge is 0.368 e. The van der Waals surface area contributed by atoms with Gasteiger partial charge in [-0.3, -0.25) is 4.79 Å². The SMILES string of the molecule is CC(Nc1n[nH]c(N)n1)C(N)=O. The van der Waals surface area contributed by atoms with Crippen molar-refractivity contribution in [3.05, 3.63) is 0 Å². The Bertz CT molecular complexity index is 281. The average molecular weight is 170 g/mol. The number of aromatic amines is 1. The summed E-state index contributed by atoms with van der Waals surface area (Å²) in [6.45, 7) is 1.61. The van der Waals surface area contributed by atoms with E-state index in [1.165, 1.54) is 0 Å². The zero-order valence-corrected chi connectivity index (χ0v) is 6.53.